The maximum Gasteiger partial charge on any atom is 0.0820 e. The Bertz CT molecular complexity index is 509. The highest BCUT2D eigenvalue weighted by molar-refractivity contribution is 6.33. The molecule has 0 fully saturated rings. The topological polar surface area (TPSA) is 24.9 Å². The third kappa shape index (κ3) is 3.02. The van der Waals surface area contributed by atoms with Gasteiger partial charge in [0, 0.05) is 24.4 Å². The van der Waals surface area contributed by atoms with Crippen LogP contribution in [0.5, 0.6) is 0 Å². The first-order valence-corrected chi connectivity index (χ1v) is 6.36. The second-order valence-electron chi connectivity index (χ2n) is 4.96. The third-order valence-corrected chi connectivity index (χ3v) is 3.35. The minimum Gasteiger partial charge on any atom is -0.383 e. The number of benzene rings is 1. The lowest BCUT2D eigenvalue weighted by molar-refractivity contribution is 0.557. The van der Waals surface area contributed by atoms with Gasteiger partial charge < -0.3 is 5.32 Å². The Kier molecular flexibility index (Phi) is 3.87. The predicted molar refractivity (Wildman–Crippen MR) is 77.2 cm³/mol. The van der Waals surface area contributed by atoms with Gasteiger partial charge >= 0.3 is 0 Å². The molecule has 3 heteroatoms. The van der Waals surface area contributed by atoms with Gasteiger partial charge in [0.1, 0.15) is 0 Å². The summed E-state index contributed by atoms with van der Waals surface area (Å²) in [6.45, 7) is 5.25. The van der Waals surface area contributed by atoms with Crippen LogP contribution in [0.15, 0.2) is 48.8 Å². The van der Waals surface area contributed by atoms with E-state index in [0.29, 0.717) is 5.02 Å². The molecule has 0 bridgehead atoms. The first kappa shape index (κ1) is 12.9. The minimum absolute atomic E-state index is 0.0495. The van der Waals surface area contributed by atoms with Crippen LogP contribution in [0, 0.1) is 0 Å². The molecular weight excluding hydrogens is 244 g/mol. The number of pyridine rings is 1. The number of anilines is 1. The fraction of sp³-hybridized carbons (Fsp3) is 0.267. The van der Waals surface area contributed by atoms with E-state index in [1.54, 1.807) is 12.4 Å². The highest BCUT2D eigenvalue weighted by Gasteiger charge is 2.20. The summed E-state index contributed by atoms with van der Waals surface area (Å²) in [6, 6.07) is 12.4. The molecule has 0 aliphatic carbocycles. The molecule has 0 unspecified atom stereocenters. The van der Waals surface area contributed by atoms with Gasteiger partial charge in [0.05, 0.1) is 10.7 Å². The van der Waals surface area contributed by atoms with Crippen LogP contribution in [0.25, 0.3) is 0 Å². The van der Waals surface area contributed by atoms with Gasteiger partial charge in [-0.1, -0.05) is 55.8 Å². The molecule has 0 atom stereocenters. The Hall–Kier alpha value is -1.54. The molecule has 1 aromatic heterocycles. The molecule has 1 N–H and O–H groups in total. The lowest BCUT2D eigenvalue weighted by Gasteiger charge is -2.26. The highest BCUT2D eigenvalue weighted by Crippen LogP contribution is 2.25. The Morgan fingerprint density at radius 1 is 1.17 bits per heavy atom. The van der Waals surface area contributed by atoms with Gasteiger partial charge in [-0.05, 0) is 11.6 Å². The molecule has 2 nitrogen and oxygen atoms in total. The third-order valence-electron chi connectivity index (χ3n) is 3.05. The summed E-state index contributed by atoms with van der Waals surface area (Å²) in [7, 11) is 0. The first-order valence-electron chi connectivity index (χ1n) is 5.98. The zero-order valence-electron chi connectivity index (χ0n) is 10.7. The van der Waals surface area contributed by atoms with Crippen molar-refractivity contribution in [2.45, 2.75) is 19.3 Å². The second kappa shape index (κ2) is 5.40. The molecule has 0 aliphatic heterocycles. The average molecular weight is 261 g/mol. The van der Waals surface area contributed by atoms with Crippen LogP contribution in [-0.4, -0.2) is 11.5 Å². The normalized spacial score (nSPS) is 11.3. The summed E-state index contributed by atoms with van der Waals surface area (Å²) < 4.78 is 0. The second-order valence-corrected chi connectivity index (χ2v) is 5.37. The highest BCUT2D eigenvalue weighted by atomic mass is 35.5. The zero-order chi connectivity index (χ0) is 13.0. The minimum atomic E-state index is 0.0495. The van der Waals surface area contributed by atoms with Crippen molar-refractivity contribution in [3.63, 3.8) is 0 Å². The van der Waals surface area contributed by atoms with Gasteiger partial charge in [-0.2, -0.15) is 0 Å². The number of halogens is 1. The zero-order valence-corrected chi connectivity index (χ0v) is 11.4. The van der Waals surface area contributed by atoms with Crippen LogP contribution in [0.1, 0.15) is 19.4 Å². The average Bonchev–Trinajstić information content (AvgIpc) is 2.39. The largest absolute Gasteiger partial charge is 0.383 e. The number of hydrogen-bond acceptors (Lipinski definition) is 2. The van der Waals surface area contributed by atoms with Crippen molar-refractivity contribution in [3.05, 3.63) is 59.4 Å². The molecule has 0 radical (unpaired) electrons. The first-order chi connectivity index (χ1) is 8.59. The Balaban J connectivity index is 2.08. The molecule has 94 valence electrons. The van der Waals surface area contributed by atoms with Crippen molar-refractivity contribution in [1.82, 2.24) is 4.98 Å². The van der Waals surface area contributed by atoms with Crippen LogP contribution in [0.2, 0.25) is 5.02 Å². The summed E-state index contributed by atoms with van der Waals surface area (Å²) in [5.74, 6) is 0. The molecule has 0 spiro atoms. The van der Waals surface area contributed by atoms with Crippen LogP contribution < -0.4 is 5.32 Å². The van der Waals surface area contributed by atoms with Gasteiger partial charge in [0.2, 0.25) is 0 Å². The van der Waals surface area contributed by atoms with E-state index in [4.69, 9.17) is 11.6 Å². The monoisotopic (exact) mass is 260 g/mol. The molecule has 0 saturated heterocycles. The molecule has 2 aromatic rings. The smallest absolute Gasteiger partial charge is 0.0820 e. The summed E-state index contributed by atoms with van der Waals surface area (Å²) in [5, 5.41) is 4.03. The van der Waals surface area contributed by atoms with Crippen LogP contribution in [0.3, 0.4) is 0 Å². The van der Waals surface area contributed by atoms with Crippen LogP contribution >= 0.6 is 11.6 Å². The van der Waals surface area contributed by atoms with Crippen molar-refractivity contribution in [1.29, 1.82) is 0 Å². The van der Waals surface area contributed by atoms with Crippen molar-refractivity contribution in [2.24, 2.45) is 0 Å². The SMILES string of the molecule is CC(C)(CNc1ccncc1Cl)c1ccccc1. The molecular formula is C15H17ClN2. The summed E-state index contributed by atoms with van der Waals surface area (Å²) in [5.41, 5.74) is 2.28. The van der Waals surface area contributed by atoms with E-state index in [9.17, 15) is 0 Å². The molecule has 0 saturated carbocycles. The van der Waals surface area contributed by atoms with E-state index in [1.165, 1.54) is 5.56 Å². The van der Waals surface area contributed by atoms with Crippen molar-refractivity contribution < 1.29 is 0 Å². The van der Waals surface area contributed by atoms with E-state index < -0.39 is 0 Å². The Morgan fingerprint density at radius 3 is 2.56 bits per heavy atom. The summed E-state index contributed by atoms with van der Waals surface area (Å²) in [4.78, 5) is 3.98. The van der Waals surface area contributed by atoms with Gasteiger partial charge in [-0.25, -0.2) is 0 Å². The fourth-order valence-corrected chi connectivity index (χ4v) is 2.01. The molecule has 0 amide bonds. The number of nitrogens with one attached hydrogen (secondary N) is 1. The van der Waals surface area contributed by atoms with E-state index >= 15 is 0 Å². The van der Waals surface area contributed by atoms with E-state index in [0.717, 1.165) is 12.2 Å². The van der Waals surface area contributed by atoms with Crippen molar-refractivity contribution in [3.8, 4) is 0 Å². The standard InChI is InChI=1S/C15H17ClN2/c1-15(2,12-6-4-3-5-7-12)11-18-14-8-9-17-10-13(14)16/h3-10H,11H2,1-2H3,(H,17,18). The lowest BCUT2D eigenvalue weighted by atomic mass is 9.84. The maximum absolute atomic E-state index is 6.07. The summed E-state index contributed by atoms with van der Waals surface area (Å²) >= 11 is 6.07. The Labute approximate surface area is 113 Å². The Morgan fingerprint density at radius 2 is 1.89 bits per heavy atom. The van der Waals surface area contributed by atoms with E-state index in [2.05, 4.69) is 48.4 Å². The number of rotatable bonds is 4. The number of hydrogen-bond donors (Lipinski definition) is 1. The fourth-order valence-electron chi connectivity index (χ4n) is 1.83. The molecule has 2 rings (SSSR count). The molecule has 1 heterocycles. The van der Waals surface area contributed by atoms with Crippen LogP contribution in [-0.2, 0) is 5.41 Å². The predicted octanol–water partition coefficient (Wildman–Crippen LogP) is 4.12. The molecule has 0 aliphatic rings. The van der Waals surface area contributed by atoms with Gasteiger partial charge in [0.15, 0.2) is 0 Å². The quantitative estimate of drug-likeness (QED) is 0.894. The van der Waals surface area contributed by atoms with E-state index in [-0.39, 0.29) is 5.41 Å². The van der Waals surface area contributed by atoms with Gasteiger partial charge in [-0.15, -0.1) is 0 Å². The summed E-state index contributed by atoms with van der Waals surface area (Å²) in [6.07, 6.45) is 3.39. The van der Waals surface area contributed by atoms with Crippen LogP contribution in [0.4, 0.5) is 5.69 Å². The lowest BCUT2D eigenvalue weighted by Crippen LogP contribution is -2.27. The molecule has 18 heavy (non-hydrogen) atoms. The van der Waals surface area contributed by atoms with Crippen molar-refractivity contribution >= 4 is 17.3 Å². The molecule has 1 aromatic carbocycles. The van der Waals surface area contributed by atoms with Gasteiger partial charge in [-0.3, -0.25) is 4.98 Å². The van der Waals surface area contributed by atoms with Crippen molar-refractivity contribution in [2.75, 3.05) is 11.9 Å². The number of aromatic nitrogens is 1. The van der Waals surface area contributed by atoms with Gasteiger partial charge in [0.25, 0.3) is 0 Å². The van der Waals surface area contributed by atoms with E-state index in [1.807, 2.05) is 12.1 Å². The maximum atomic E-state index is 6.07. The number of nitrogens with zero attached hydrogens (tertiary/aromatic N) is 1.